The Hall–Kier alpha value is -1.75. The van der Waals surface area contributed by atoms with Crippen molar-refractivity contribution in [3.05, 3.63) is 24.3 Å². The summed E-state index contributed by atoms with van der Waals surface area (Å²) in [6.45, 7) is 2.07. The number of hydrogen-bond acceptors (Lipinski definition) is 5. The van der Waals surface area contributed by atoms with Crippen LogP contribution < -0.4 is 10.6 Å². The predicted octanol–water partition coefficient (Wildman–Crippen LogP) is 1.58. The third-order valence-corrected chi connectivity index (χ3v) is 3.24. The number of benzene rings is 1. The molecule has 1 fully saturated rings. The van der Waals surface area contributed by atoms with Gasteiger partial charge in [-0.15, -0.1) is 10.2 Å². The van der Waals surface area contributed by atoms with Crippen LogP contribution in [0.15, 0.2) is 24.3 Å². The van der Waals surface area contributed by atoms with E-state index in [0.29, 0.717) is 12.0 Å². The van der Waals surface area contributed by atoms with Crippen LogP contribution in [0, 0.1) is 0 Å². The molecule has 0 radical (unpaired) electrons. The Morgan fingerprint density at radius 1 is 1.11 bits per heavy atom. The van der Waals surface area contributed by atoms with E-state index >= 15 is 0 Å². The van der Waals surface area contributed by atoms with Crippen LogP contribution in [0.4, 0.5) is 5.95 Å². The first-order chi connectivity index (χ1) is 8.92. The number of fused-ring (bicyclic) bond motifs is 1. The van der Waals surface area contributed by atoms with Crippen LogP contribution in [-0.4, -0.2) is 34.3 Å². The highest BCUT2D eigenvalue weighted by Gasteiger charge is 2.12. The van der Waals surface area contributed by atoms with E-state index in [1.807, 2.05) is 24.3 Å². The largest absolute Gasteiger partial charge is 0.349 e. The maximum absolute atomic E-state index is 4.49. The highest BCUT2D eigenvalue weighted by Crippen LogP contribution is 2.12. The van der Waals surface area contributed by atoms with Gasteiger partial charge in [0.1, 0.15) is 5.52 Å². The van der Waals surface area contributed by atoms with Crippen molar-refractivity contribution in [2.24, 2.45) is 0 Å². The van der Waals surface area contributed by atoms with Crippen molar-refractivity contribution in [1.29, 1.82) is 0 Å². The number of hydrogen-bond donors (Lipinski definition) is 2. The van der Waals surface area contributed by atoms with Gasteiger partial charge in [0.2, 0.25) is 5.95 Å². The molecule has 0 saturated carbocycles. The van der Waals surface area contributed by atoms with Crippen LogP contribution in [0.2, 0.25) is 0 Å². The van der Waals surface area contributed by atoms with Gasteiger partial charge in [0, 0.05) is 12.6 Å². The van der Waals surface area contributed by atoms with Crippen LogP contribution in [0.3, 0.4) is 0 Å². The first-order valence-electron chi connectivity index (χ1n) is 6.48. The van der Waals surface area contributed by atoms with Crippen molar-refractivity contribution in [2.45, 2.75) is 25.3 Å². The van der Waals surface area contributed by atoms with E-state index in [2.05, 4.69) is 25.8 Å². The molecule has 0 bridgehead atoms. The summed E-state index contributed by atoms with van der Waals surface area (Å²) in [6, 6.07) is 8.19. The number of aromatic nitrogens is 3. The molecule has 0 amide bonds. The molecule has 1 aromatic heterocycles. The number of para-hydroxylation sites is 1. The molecular weight excluding hydrogens is 226 g/mol. The van der Waals surface area contributed by atoms with Crippen molar-refractivity contribution in [3.8, 4) is 0 Å². The molecule has 18 heavy (non-hydrogen) atoms. The lowest BCUT2D eigenvalue weighted by Gasteiger charge is -2.15. The number of rotatable bonds is 2. The summed E-state index contributed by atoms with van der Waals surface area (Å²) in [6.07, 6.45) is 3.64. The van der Waals surface area contributed by atoms with Gasteiger partial charge in [-0.05, 0) is 31.5 Å². The van der Waals surface area contributed by atoms with E-state index < -0.39 is 0 Å². The smallest absolute Gasteiger partial charge is 0.243 e. The number of nitrogens with zero attached hydrogens (tertiary/aromatic N) is 3. The Kier molecular flexibility index (Phi) is 3.32. The van der Waals surface area contributed by atoms with Gasteiger partial charge >= 0.3 is 0 Å². The number of nitrogens with one attached hydrogen (secondary N) is 2. The molecule has 1 aliphatic heterocycles. The Bertz CT molecular complexity index is 520. The zero-order chi connectivity index (χ0) is 12.2. The number of anilines is 1. The van der Waals surface area contributed by atoms with Gasteiger partial charge < -0.3 is 10.6 Å². The summed E-state index contributed by atoms with van der Waals surface area (Å²) in [4.78, 5) is 4.49. The highest BCUT2D eigenvalue weighted by molar-refractivity contribution is 5.74. The van der Waals surface area contributed by atoms with Gasteiger partial charge in [-0.3, -0.25) is 0 Å². The first-order valence-corrected chi connectivity index (χ1v) is 6.48. The maximum atomic E-state index is 4.49. The third-order valence-electron chi connectivity index (χ3n) is 3.24. The van der Waals surface area contributed by atoms with Gasteiger partial charge in [-0.2, -0.15) is 0 Å². The molecule has 1 atom stereocenters. The Labute approximate surface area is 106 Å². The predicted molar refractivity (Wildman–Crippen MR) is 71.5 cm³/mol. The monoisotopic (exact) mass is 243 g/mol. The van der Waals surface area contributed by atoms with Crippen molar-refractivity contribution in [1.82, 2.24) is 20.5 Å². The fourth-order valence-electron chi connectivity index (χ4n) is 2.27. The van der Waals surface area contributed by atoms with E-state index in [-0.39, 0.29) is 0 Å². The van der Waals surface area contributed by atoms with E-state index in [1.165, 1.54) is 12.8 Å². The molecule has 1 aliphatic rings. The zero-order valence-corrected chi connectivity index (χ0v) is 10.3. The standard InChI is InChI=1S/C13H17N5/c1-2-7-12-11(6-1)16-13(18-17-12)15-10-5-3-4-8-14-9-10/h1-2,6-7,10,14H,3-5,8-9H2,(H,15,16,18). The fraction of sp³-hybridized carbons (Fsp3) is 0.462. The normalized spacial score (nSPS) is 20.6. The second kappa shape index (κ2) is 5.27. The van der Waals surface area contributed by atoms with E-state index in [9.17, 15) is 0 Å². The Morgan fingerprint density at radius 2 is 2.00 bits per heavy atom. The fourth-order valence-corrected chi connectivity index (χ4v) is 2.27. The molecular formula is C13H17N5. The molecule has 5 nitrogen and oxygen atoms in total. The first kappa shape index (κ1) is 11.3. The summed E-state index contributed by atoms with van der Waals surface area (Å²) in [5.74, 6) is 0.627. The minimum absolute atomic E-state index is 0.399. The van der Waals surface area contributed by atoms with Gasteiger partial charge in [-0.25, -0.2) is 4.98 Å². The maximum Gasteiger partial charge on any atom is 0.243 e. The molecule has 5 heteroatoms. The molecule has 1 saturated heterocycles. The molecule has 1 aromatic carbocycles. The molecule has 1 unspecified atom stereocenters. The molecule has 2 heterocycles. The van der Waals surface area contributed by atoms with Crippen molar-refractivity contribution in [3.63, 3.8) is 0 Å². The SMILES string of the molecule is c1ccc2nc(NC3CCCCNC3)nnc2c1. The van der Waals surface area contributed by atoms with Crippen molar-refractivity contribution >= 4 is 17.0 Å². The van der Waals surface area contributed by atoms with E-state index in [4.69, 9.17) is 0 Å². The molecule has 94 valence electrons. The van der Waals surface area contributed by atoms with E-state index in [0.717, 1.165) is 30.5 Å². The van der Waals surface area contributed by atoms with Crippen LogP contribution in [-0.2, 0) is 0 Å². The van der Waals surface area contributed by atoms with Crippen LogP contribution in [0.5, 0.6) is 0 Å². The average molecular weight is 243 g/mol. The Morgan fingerprint density at radius 3 is 2.94 bits per heavy atom. The quantitative estimate of drug-likeness (QED) is 0.838. The van der Waals surface area contributed by atoms with Gasteiger partial charge in [0.15, 0.2) is 0 Å². The molecule has 3 rings (SSSR count). The van der Waals surface area contributed by atoms with Gasteiger partial charge in [0.05, 0.1) is 5.52 Å². The summed E-state index contributed by atoms with van der Waals surface area (Å²) >= 11 is 0. The Balaban J connectivity index is 1.77. The second-order valence-corrected chi connectivity index (χ2v) is 4.67. The van der Waals surface area contributed by atoms with Crippen molar-refractivity contribution < 1.29 is 0 Å². The lowest BCUT2D eigenvalue weighted by Crippen LogP contribution is -2.31. The molecule has 2 N–H and O–H groups in total. The topological polar surface area (TPSA) is 62.7 Å². The van der Waals surface area contributed by atoms with Crippen LogP contribution in [0.25, 0.3) is 11.0 Å². The van der Waals surface area contributed by atoms with E-state index in [1.54, 1.807) is 0 Å². The zero-order valence-electron chi connectivity index (χ0n) is 10.3. The molecule has 0 aliphatic carbocycles. The minimum Gasteiger partial charge on any atom is -0.349 e. The lowest BCUT2D eigenvalue weighted by molar-refractivity contribution is 0.629. The average Bonchev–Trinajstić information content (AvgIpc) is 2.67. The minimum atomic E-state index is 0.399. The summed E-state index contributed by atoms with van der Waals surface area (Å²) in [7, 11) is 0. The summed E-state index contributed by atoms with van der Waals surface area (Å²) in [5, 5.41) is 15.1. The third kappa shape index (κ3) is 2.56. The van der Waals surface area contributed by atoms with Crippen LogP contribution in [0.1, 0.15) is 19.3 Å². The van der Waals surface area contributed by atoms with Gasteiger partial charge in [0.25, 0.3) is 0 Å². The lowest BCUT2D eigenvalue weighted by atomic mass is 10.1. The molecule has 0 spiro atoms. The summed E-state index contributed by atoms with van der Waals surface area (Å²) < 4.78 is 0. The highest BCUT2D eigenvalue weighted by atomic mass is 15.2. The molecule has 2 aromatic rings. The summed E-state index contributed by atoms with van der Waals surface area (Å²) in [5.41, 5.74) is 1.72. The van der Waals surface area contributed by atoms with Crippen LogP contribution >= 0.6 is 0 Å². The van der Waals surface area contributed by atoms with Crippen molar-refractivity contribution in [2.75, 3.05) is 18.4 Å². The van der Waals surface area contributed by atoms with Gasteiger partial charge in [-0.1, -0.05) is 18.6 Å². The second-order valence-electron chi connectivity index (χ2n) is 4.67.